The summed E-state index contributed by atoms with van der Waals surface area (Å²) in [6.45, 7) is 0. The van der Waals surface area contributed by atoms with Crippen molar-refractivity contribution in [2.24, 2.45) is 5.92 Å². The van der Waals surface area contributed by atoms with Crippen molar-refractivity contribution in [2.45, 2.75) is 44.3 Å². The summed E-state index contributed by atoms with van der Waals surface area (Å²) in [7, 11) is 0. The van der Waals surface area contributed by atoms with Crippen LogP contribution in [0.4, 0.5) is 0 Å². The molecule has 3 aromatic rings. The van der Waals surface area contributed by atoms with Crippen LogP contribution in [0.1, 0.15) is 40.7 Å². The number of allylic oxidation sites excluding steroid dienone is 1. The molecule has 0 spiro atoms. The maximum absolute atomic E-state index is 13.1. The van der Waals surface area contributed by atoms with Gasteiger partial charge in [0.25, 0.3) is 0 Å². The minimum absolute atomic E-state index is 0.0713. The lowest BCUT2D eigenvalue weighted by Gasteiger charge is -2.36. The summed E-state index contributed by atoms with van der Waals surface area (Å²) in [5.74, 6) is 0.0648. The molecule has 36 heavy (non-hydrogen) atoms. The van der Waals surface area contributed by atoms with Crippen LogP contribution in [0, 0.1) is 5.92 Å². The van der Waals surface area contributed by atoms with Gasteiger partial charge in [-0.1, -0.05) is 60.7 Å². The van der Waals surface area contributed by atoms with Gasteiger partial charge in [-0.15, -0.1) is 0 Å². The van der Waals surface area contributed by atoms with Gasteiger partial charge in [-0.2, -0.15) is 0 Å². The Kier molecular flexibility index (Phi) is 7.52. The largest absolute Gasteiger partial charge is 0.493 e. The van der Waals surface area contributed by atoms with Gasteiger partial charge in [-0.05, 0) is 70.9 Å². The molecular formula is C30H27BrO5. The van der Waals surface area contributed by atoms with E-state index in [1.54, 1.807) is 6.07 Å². The molecule has 0 aromatic heterocycles. The average molecular weight is 547 g/mol. The number of carbonyl (C=O) groups is 2. The van der Waals surface area contributed by atoms with E-state index in [0.29, 0.717) is 30.6 Å². The van der Waals surface area contributed by atoms with Crippen LogP contribution in [0.3, 0.4) is 0 Å². The van der Waals surface area contributed by atoms with Crippen molar-refractivity contribution in [1.29, 1.82) is 0 Å². The summed E-state index contributed by atoms with van der Waals surface area (Å²) in [4.78, 5) is 26.2. The van der Waals surface area contributed by atoms with Gasteiger partial charge in [0.1, 0.15) is 24.2 Å². The monoisotopic (exact) mass is 546 g/mol. The number of hydrogen-bond acceptors (Lipinski definition) is 5. The molecule has 5 nitrogen and oxygen atoms in total. The molecule has 0 amide bonds. The molecular weight excluding hydrogens is 520 g/mol. The van der Waals surface area contributed by atoms with Crippen LogP contribution in [0.5, 0.6) is 5.75 Å². The minimum Gasteiger partial charge on any atom is -0.493 e. The Morgan fingerprint density at radius 1 is 0.917 bits per heavy atom. The van der Waals surface area contributed by atoms with E-state index >= 15 is 0 Å². The summed E-state index contributed by atoms with van der Waals surface area (Å²) in [5.41, 5.74) is 2.80. The van der Waals surface area contributed by atoms with Crippen LogP contribution in [0.2, 0.25) is 0 Å². The van der Waals surface area contributed by atoms with E-state index in [1.807, 2.05) is 60.7 Å². The second-order valence-corrected chi connectivity index (χ2v) is 10.00. The van der Waals surface area contributed by atoms with Crippen LogP contribution in [0.25, 0.3) is 0 Å². The van der Waals surface area contributed by atoms with E-state index in [9.17, 15) is 9.59 Å². The number of carbonyl (C=O) groups excluding carboxylic acids is 2. The SMILES string of the molecule is O=C(OC1CCC2C(=O)C(Oc3ccccc3Br)=COC2C1)c1ccccc1CCc1ccccc1. The fourth-order valence-corrected chi connectivity index (χ4v) is 5.20. The van der Waals surface area contributed by atoms with Crippen molar-refractivity contribution in [2.75, 3.05) is 0 Å². The lowest BCUT2D eigenvalue weighted by molar-refractivity contribution is -0.132. The quantitative estimate of drug-likeness (QED) is 0.319. The van der Waals surface area contributed by atoms with E-state index in [0.717, 1.165) is 22.9 Å². The number of esters is 1. The Hall–Kier alpha value is -3.38. The summed E-state index contributed by atoms with van der Waals surface area (Å²) in [5, 5.41) is 0. The van der Waals surface area contributed by atoms with E-state index in [-0.39, 0.29) is 35.6 Å². The molecule has 0 N–H and O–H groups in total. The first-order valence-corrected chi connectivity index (χ1v) is 13.0. The molecule has 0 saturated heterocycles. The third-order valence-electron chi connectivity index (χ3n) is 6.77. The van der Waals surface area contributed by atoms with Crippen molar-refractivity contribution in [3.8, 4) is 5.75 Å². The number of Topliss-reactive ketones (excluding diaryl/α,β-unsaturated/α-hetero) is 1. The molecule has 0 radical (unpaired) electrons. The van der Waals surface area contributed by atoms with Gasteiger partial charge in [0, 0.05) is 6.42 Å². The fraction of sp³-hybridized carbons (Fsp3) is 0.267. The Labute approximate surface area is 219 Å². The zero-order valence-electron chi connectivity index (χ0n) is 19.8. The van der Waals surface area contributed by atoms with Crippen molar-refractivity contribution in [1.82, 2.24) is 0 Å². The topological polar surface area (TPSA) is 61.8 Å². The summed E-state index contributed by atoms with van der Waals surface area (Å²) >= 11 is 3.44. The molecule has 1 saturated carbocycles. The van der Waals surface area contributed by atoms with Gasteiger partial charge in [0.05, 0.1) is 16.0 Å². The second-order valence-electron chi connectivity index (χ2n) is 9.14. The van der Waals surface area contributed by atoms with Gasteiger partial charge in [-0.25, -0.2) is 4.79 Å². The van der Waals surface area contributed by atoms with Gasteiger partial charge in [0.2, 0.25) is 11.5 Å². The van der Waals surface area contributed by atoms with Crippen LogP contribution in [-0.4, -0.2) is 24.0 Å². The molecule has 1 aliphatic carbocycles. The van der Waals surface area contributed by atoms with Gasteiger partial charge in [0.15, 0.2) is 0 Å². The summed E-state index contributed by atoms with van der Waals surface area (Å²) in [6.07, 6.45) is 4.04. The molecule has 1 fully saturated rings. The molecule has 6 heteroatoms. The zero-order chi connectivity index (χ0) is 24.9. The first-order chi connectivity index (χ1) is 17.6. The van der Waals surface area contributed by atoms with Gasteiger partial charge >= 0.3 is 5.97 Å². The molecule has 5 rings (SSSR count). The number of benzene rings is 3. The number of rotatable bonds is 7. The van der Waals surface area contributed by atoms with Crippen molar-refractivity contribution >= 4 is 27.7 Å². The molecule has 3 aromatic carbocycles. The lowest BCUT2D eigenvalue weighted by Crippen LogP contribution is -2.43. The maximum Gasteiger partial charge on any atom is 0.338 e. The highest BCUT2D eigenvalue weighted by molar-refractivity contribution is 9.10. The predicted molar refractivity (Wildman–Crippen MR) is 140 cm³/mol. The highest BCUT2D eigenvalue weighted by atomic mass is 79.9. The molecule has 1 aliphatic heterocycles. The first-order valence-electron chi connectivity index (χ1n) is 12.2. The molecule has 3 unspecified atom stereocenters. The minimum atomic E-state index is -0.330. The third kappa shape index (κ3) is 5.54. The number of ether oxygens (including phenoxy) is 3. The van der Waals surface area contributed by atoms with Crippen LogP contribution in [-0.2, 0) is 27.1 Å². The molecule has 3 atom stereocenters. The maximum atomic E-state index is 13.1. The molecule has 184 valence electrons. The van der Waals surface area contributed by atoms with E-state index in [1.165, 1.54) is 11.8 Å². The van der Waals surface area contributed by atoms with Crippen LogP contribution < -0.4 is 4.74 Å². The predicted octanol–water partition coefficient (Wildman–Crippen LogP) is 6.45. The van der Waals surface area contributed by atoms with Crippen molar-refractivity contribution in [3.63, 3.8) is 0 Å². The van der Waals surface area contributed by atoms with Crippen LogP contribution in [0.15, 0.2) is 95.4 Å². The average Bonchev–Trinajstić information content (AvgIpc) is 2.91. The standard InChI is InChI=1S/C30H27BrO5/c31-25-12-6-7-13-26(25)36-28-19-34-27-18-22(16-17-24(27)29(28)32)35-30(33)23-11-5-4-10-21(23)15-14-20-8-2-1-3-9-20/h1-13,19,22,24,27H,14-18H2. The number of halogens is 1. The normalized spacial score (nSPS) is 21.1. The highest BCUT2D eigenvalue weighted by Crippen LogP contribution is 2.36. The lowest BCUT2D eigenvalue weighted by atomic mass is 9.80. The first kappa shape index (κ1) is 24.3. The Morgan fingerprint density at radius 3 is 2.50 bits per heavy atom. The van der Waals surface area contributed by atoms with Gasteiger partial charge in [-0.3, -0.25) is 4.79 Å². The van der Waals surface area contributed by atoms with Crippen molar-refractivity contribution < 1.29 is 23.8 Å². The summed E-state index contributed by atoms with van der Waals surface area (Å²) in [6, 6.07) is 25.2. The van der Waals surface area contributed by atoms with Crippen molar-refractivity contribution in [3.05, 3.63) is 112 Å². The fourth-order valence-electron chi connectivity index (χ4n) is 4.84. The highest BCUT2D eigenvalue weighted by Gasteiger charge is 2.42. The summed E-state index contributed by atoms with van der Waals surface area (Å²) < 4.78 is 18.4. The molecule has 1 heterocycles. The molecule has 2 aliphatic rings. The molecule has 0 bridgehead atoms. The van der Waals surface area contributed by atoms with E-state index in [2.05, 4.69) is 28.1 Å². The van der Waals surface area contributed by atoms with E-state index in [4.69, 9.17) is 14.2 Å². The zero-order valence-corrected chi connectivity index (χ0v) is 21.4. The van der Waals surface area contributed by atoms with Crippen LogP contribution >= 0.6 is 15.9 Å². The number of aryl methyl sites for hydroxylation is 2. The number of ketones is 1. The number of fused-ring (bicyclic) bond motifs is 1. The second kappa shape index (κ2) is 11.1. The number of para-hydroxylation sites is 1. The number of hydrogen-bond donors (Lipinski definition) is 0. The van der Waals surface area contributed by atoms with E-state index < -0.39 is 0 Å². The van der Waals surface area contributed by atoms with Gasteiger partial charge < -0.3 is 14.2 Å². The Balaban J connectivity index is 1.20. The Morgan fingerprint density at radius 2 is 1.67 bits per heavy atom. The smallest absolute Gasteiger partial charge is 0.338 e. The Bertz CT molecular complexity index is 1270. The third-order valence-corrected chi connectivity index (χ3v) is 7.42.